The van der Waals surface area contributed by atoms with Gasteiger partial charge >= 0.3 is 0 Å². The molecule has 0 saturated heterocycles. The van der Waals surface area contributed by atoms with Crippen LogP contribution in [0.1, 0.15) is 12.6 Å². The number of hydrogen-bond donors (Lipinski definition) is 0. The summed E-state index contributed by atoms with van der Waals surface area (Å²) in [5.41, 5.74) is -0.0698. The predicted octanol–water partition coefficient (Wildman–Crippen LogP) is 1.77. The molecule has 0 aromatic carbocycles. The van der Waals surface area contributed by atoms with Gasteiger partial charge in [-0.2, -0.15) is 0 Å². The van der Waals surface area contributed by atoms with Gasteiger partial charge in [0.05, 0.1) is 16.4 Å². The molecule has 0 aliphatic rings. The molecule has 1 aromatic rings. The molecule has 6 heteroatoms. The summed E-state index contributed by atoms with van der Waals surface area (Å²) in [7, 11) is 0. The Hall–Kier alpha value is -1.49. The van der Waals surface area contributed by atoms with Crippen LogP contribution in [-0.2, 0) is 11.2 Å². The van der Waals surface area contributed by atoms with Crippen LogP contribution in [0.3, 0.4) is 0 Å². The number of hydrogen-bond acceptors (Lipinski definition) is 4. The molecule has 0 saturated carbocycles. The molecule has 0 atom stereocenters. The number of Topliss-reactive ketones (excluding diaryl/α,β-unsaturated/α-hetero) is 1. The highest BCUT2D eigenvalue weighted by molar-refractivity contribution is 6.30. The maximum atomic E-state index is 10.8. The van der Waals surface area contributed by atoms with Crippen LogP contribution in [0.5, 0.6) is 0 Å². The number of ketones is 1. The molecular weight excluding hydrogens is 208 g/mol. The fourth-order valence-electron chi connectivity index (χ4n) is 0.987. The summed E-state index contributed by atoms with van der Waals surface area (Å²) >= 11 is 5.55. The summed E-state index contributed by atoms with van der Waals surface area (Å²) in [6, 6.07) is 1.19. The Morgan fingerprint density at radius 3 is 2.86 bits per heavy atom. The van der Waals surface area contributed by atoms with E-state index >= 15 is 0 Å². The largest absolute Gasteiger partial charge is 0.300 e. The van der Waals surface area contributed by atoms with Crippen molar-refractivity contribution in [3.8, 4) is 0 Å². The van der Waals surface area contributed by atoms with Gasteiger partial charge < -0.3 is 0 Å². The number of carbonyl (C=O) groups is 1. The van der Waals surface area contributed by atoms with Crippen LogP contribution in [0.2, 0.25) is 5.02 Å². The summed E-state index contributed by atoms with van der Waals surface area (Å²) in [6.07, 6.45) is 1.24. The quantitative estimate of drug-likeness (QED) is 0.568. The molecule has 5 nitrogen and oxygen atoms in total. The lowest BCUT2D eigenvalue weighted by Crippen LogP contribution is -2.03. The van der Waals surface area contributed by atoms with Crippen molar-refractivity contribution in [3.63, 3.8) is 0 Å². The van der Waals surface area contributed by atoms with Crippen LogP contribution in [0.4, 0.5) is 5.69 Å². The minimum atomic E-state index is -0.600. The van der Waals surface area contributed by atoms with Crippen molar-refractivity contribution in [1.82, 2.24) is 4.98 Å². The van der Waals surface area contributed by atoms with Crippen molar-refractivity contribution in [2.75, 3.05) is 0 Å². The third-order valence-corrected chi connectivity index (χ3v) is 1.73. The number of aromatic nitrogens is 1. The first-order valence-electron chi connectivity index (χ1n) is 3.79. The Morgan fingerprint density at radius 1 is 1.71 bits per heavy atom. The zero-order valence-electron chi connectivity index (χ0n) is 7.36. The number of halogens is 1. The van der Waals surface area contributed by atoms with Crippen LogP contribution >= 0.6 is 11.6 Å². The summed E-state index contributed by atoms with van der Waals surface area (Å²) < 4.78 is 0. The monoisotopic (exact) mass is 214 g/mol. The molecule has 0 aliphatic carbocycles. The number of rotatable bonds is 3. The van der Waals surface area contributed by atoms with Gasteiger partial charge in [-0.1, -0.05) is 11.6 Å². The highest BCUT2D eigenvalue weighted by atomic mass is 35.5. The molecule has 0 fully saturated rings. The fourth-order valence-corrected chi connectivity index (χ4v) is 1.14. The van der Waals surface area contributed by atoms with Gasteiger partial charge in [-0.05, 0) is 6.92 Å². The Morgan fingerprint density at radius 2 is 2.36 bits per heavy atom. The van der Waals surface area contributed by atoms with Crippen LogP contribution in [0.25, 0.3) is 0 Å². The Balaban J connectivity index is 3.14. The number of pyridine rings is 1. The number of nitro groups is 1. The van der Waals surface area contributed by atoms with E-state index < -0.39 is 4.92 Å². The van der Waals surface area contributed by atoms with E-state index in [0.717, 1.165) is 0 Å². The first-order valence-corrected chi connectivity index (χ1v) is 4.16. The lowest BCUT2D eigenvalue weighted by molar-refractivity contribution is -0.385. The smallest absolute Gasteiger partial charge is 0.292 e. The highest BCUT2D eigenvalue weighted by Gasteiger charge is 2.16. The molecule has 0 unspecified atom stereocenters. The molecule has 1 heterocycles. The third-order valence-electron chi connectivity index (χ3n) is 1.53. The molecule has 0 spiro atoms. The van der Waals surface area contributed by atoms with Gasteiger partial charge in [-0.15, -0.1) is 0 Å². The SMILES string of the molecule is CC(=O)Cc1ncc(Cl)cc1[N+](=O)[O-]. The van der Waals surface area contributed by atoms with Gasteiger partial charge in [0.25, 0.3) is 5.69 Å². The molecule has 74 valence electrons. The zero-order valence-corrected chi connectivity index (χ0v) is 8.11. The molecule has 0 bridgehead atoms. The van der Waals surface area contributed by atoms with Crippen LogP contribution < -0.4 is 0 Å². The molecule has 1 rings (SSSR count). The summed E-state index contributed by atoms with van der Waals surface area (Å²) in [5, 5.41) is 10.7. The van der Waals surface area contributed by atoms with E-state index in [0.29, 0.717) is 0 Å². The van der Waals surface area contributed by atoms with Crippen molar-refractivity contribution < 1.29 is 9.72 Å². The normalized spacial score (nSPS) is 9.86. The van der Waals surface area contributed by atoms with E-state index in [4.69, 9.17) is 11.6 Å². The van der Waals surface area contributed by atoms with Crippen molar-refractivity contribution in [2.45, 2.75) is 13.3 Å². The number of nitrogens with zero attached hydrogens (tertiary/aromatic N) is 2. The molecule has 0 radical (unpaired) electrons. The molecule has 0 amide bonds. The predicted molar refractivity (Wildman–Crippen MR) is 50.3 cm³/mol. The average Bonchev–Trinajstić information content (AvgIpc) is 2.07. The highest BCUT2D eigenvalue weighted by Crippen LogP contribution is 2.21. The minimum absolute atomic E-state index is 0.0481. The summed E-state index contributed by atoms with van der Waals surface area (Å²) in [5.74, 6) is -0.178. The first kappa shape index (κ1) is 10.6. The molecule has 1 aromatic heterocycles. The lowest BCUT2D eigenvalue weighted by atomic mass is 10.2. The molecule has 0 N–H and O–H groups in total. The Kier molecular flexibility index (Phi) is 3.14. The average molecular weight is 215 g/mol. The standard InChI is InChI=1S/C8H7ClN2O3/c1-5(12)2-7-8(11(13)14)3-6(9)4-10-7/h3-4H,2H2,1H3. The van der Waals surface area contributed by atoms with Crippen molar-refractivity contribution in [3.05, 3.63) is 33.1 Å². The maximum absolute atomic E-state index is 10.8. The Bertz CT molecular complexity index is 392. The van der Waals surface area contributed by atoms with E-state index in [1.807, 2.05) is 0 Å². The maximum Gasteiger partial charge on any atom is 0.292 e. The topological polar surface area (TPSA) is 73.1 Å². The number of carbonyl (C=O) groups excluding carboxylic acids is 1. The zero-order chi connectivity index (χ0) is 10.7. The van der Waals surface area contributed by atoms with Gasteiger partial charge in [-0.3, -0.25) is 19.9 Å². The lowest BCUT2D eigenvalue weighted by Gasteiger charge is -1.99. The van der Waals surface area contributed by atoms with Crippen molar-refractivity contribution in [1.29, 1.82) is 0 Å². The van der Waals surface area contributed by atoms with Crippen LogP contribution in [-0.4, -0.2) is 15.7 Å². The van der Waals surface area contributed by atoms with Gasteiger partial charge in [-0.25, -0.2) is 0 Å². The third kappa shape index (κ3) is 2.50. The van der Waals surface area contributed by atoms with Gasteiger partial charge in [0.2, 0.25) is 0 Å². The summed E-state index contributed by atoms with van der Waals surface area (Å²) in [6.45, 7) is 1.35. The van der Waals surface area contributed by atoms with E-state index in [1.165, 1.54) is 19.2 Å². The second-order valence-corrected chi connectivity index (χ2v) is 3.19. The van der Waals surface area contributed by atoms with E-state index in [9.17, 15) is 14.9 Å². The van der Waals surface area contributed by atoms with Gasteiger partial charge in [0.1, 0.15) is 11.5 Å². The van der Waals surface area contributed by atoms with E-state index in [2.05, 4.69) is 4.98 Å². The van der Waals surface area contributed by atoms with Crippen LogP contribution in [0, 0.1) is 10.1 Å². The van der Waals surface area contributed by atoms with E-state index in [1.54, 1.807) is 0 Å². The van der Waals surface area contributed by atoms with Crippen molar-refractivity contribution in [2.24, 2.45) is 0 Å². The van der Waals surface area contributed by atoms with Gasteiger partial charge in [0.15, 0.2) is 0 Å². The van der Waals surface area contributed by atoms with Gasteiger partial charge in [0, 0.05) is 12.3 Å². The first-order chi connectivity index (χ1) is 6.50. The second kappa shape index (κ2) is 4.15. The second-order valence-electron chi connectivity index (χ2n) is 2.76. The summed E-state index contributed by atoms with van der Waals surface area (Å²) in [4.78, 5) is 24.5. The fraction of sp³-hybridized carbons (Fsp3) is 0.250. The molecular formula is C8H7ClN2O3. The molecule has 14 heavy (non-hydrogen) atoms. The minimum Gasteiger partial charge on any atom is -0.300 e. The molecule has 0 aliphatic heterocycles. The van der Waals surface area contributed by atoms with E-state index in [-0.39, 0.29) is 28.6 Å². The van der Waals surface area contributed by atoms with Crippen molar-refractivity contribution >= 4 is 23.1 Å². The Labute approximate surface area is 84.9 Å². The van der Waals surface area contributed by atoms with Crippen LogP contribution in [0.15, 0.2) is 12.3 Å².